The number of rotatable bonds is 4. The molecule has 2 aliphatic heterocycles. The van der Waals surface area contributed by atoms with Gasteiger partial charge in [0, 0.05) is 17.6 Å². The van der Waals surface area contributed by atoms with Gasteiger partial charge in [-0.25, -0.2) is 4.39 Å². The van der Waals surface area contributed by atoms with Crippen LogP contribution in [0.15, 0.2) is 18.2 Å². The van der Waals surface area contributed by atoms with Crippen LogP contribution in [0.4, 0.5) is 4.39 Å². The maximum atomic E-state index is 13.8. The molecule has 1 aromatic carbocycles. The van der Waals surface area contributed by atoms with Gasteiger partial charge < -0.3 is 15.2 Å². The summed E-state index contributed by atoms with van der Waals surface area (Å²) in [6.45, 7) is 0.680. The van der Waals surface area contributed by atoms with Crippen LogP contribution in [0.1, 0.15) is 50.5 Å². The van der Waals surface area contributed by atoms with E-state index in [-0.39, 0.29) is 5.82 Å². The van der Waals surface area contributed by atoms with Gasteiger partial charge in [0.2, 0.25) is 0 Å². The number of aliphatic hydroxyl groups is 1. The minimum Gasteiger partial charge on any atom is -0.493 e. The Bertz CT molecular complexity index is 546. The summed E-state index contributed by atoms with van der Waals surface area (Å²) >= 11 is 0. The van der Waals surface area contributed by atoms with Crippen LogP contribution in [0, 0.1) is 11.7 Å². The van der Waals surface area contributed by atoms with E-state index in [1.54, 1.807) is 6.07 Å². The van der Waals surface area contributed by atoms with Gasteiger partial charge in [-0.1, -0.05) is 6.42 Å². The van der Waals surface area contributed by atoms with Crippen LogP contribution < -0.4 is 10.1 Å². The van der Waals surface area contributed by atoms with E-state index in [1.165, 1.54) is 31.4 Å². The fourth-order valence-electron chi connectivity index (χ4n) is 4.04. The monoisotopic (exact) mass is 305 g/mol. The van der Waals surface area contributed by atoms with Crippen molar-refractivity contribution in [2.45, 2.75) is 62.6 Å². The van der Waals surface area contributed by atoms with Crippen LogP contribution in [0.2, 0.25) is 0 Å². The fourth-order valence-corrected chi connectivity index (χ4v) is 4.04. The summed E-state index contributed by atoms with van der Waals surface area (Å²) in [5.41, 5.74) is -0.325. The fraction of sp³-hybridized carbons (Fsp3) is 0.667. The van der Waals surface area contributed by atoms with Crippen molar-refractivity contribution in [2.24, 2.45) is 5.92 Å². The Morgan fingerprint density at radius 3 is 2.59 bits per heavy atom. The molecule has 0 aromatic heterocycles. The van der Waals surface area contributed by atoms with Crippen molar-refractivity contribution in [1.29, 1.82) is 0 Å². The number of piperidine rings is 2. The molecule has 120 valence electrons. The Morgan fingerprint density at radius 2 is 1.91 bits per heavy atom. The second-order valence-corrected chi connectivity index (χ2v) is 7.33. The lowest BCUT2D eigenvalue weighted by molar-refractivity contribution is -0.0379. The number of halogens is 1. The van der Waals surface area contributed by atoms with E-state index in [1.807, 2.05) is 0 Å². The molecule has 1 aromatic rings. The van der Waals surface area contributed by atoms with Gasteiger partial charge in [0.25, 0.3) is 0 Å². The molecule has 1 saturated carbocycles. The molecule has 2 atom stereocenters. The van der Waals surface area contributed by atoms with Crippen molar-refractivity contribution < 1.29 is 14.2 Å². The summed E-state index contributed by atoms with van der Waals surface area (Å²) in [6, 6.07) is 5.25. The Hall–Kier alpha value is -1.13. The number of nitrogens with one attached hydrogen (secondary N) is 1. The molecule has 4 heteroatoms. The van der Waals surface area contributed by atoms with Gasteiger partial charge in [-0.15, -0.1) is 0 Å². The first-order valence-electron chi connectivity index (χ1n) is 8.54. The van der Waals surface area contributed by atoms with Crippen molar-refractivity contribution in [2.75, 3.05) is 6.61 Å². The first-order valence-corrected chi connectivity index (χ1v) is 8.54. The average molecular weight is 305 g/mol. The first-order chi connectivity index (χ1) is 10.6. The molecule has 2 heterocycles. The van der Waals surface area contributed by atoms with Crippen LogP contribution in [-0.2, 0) is 5.60 Å². The van der Waals surface area contributed by atoms with Crippen molar-refractivity contribution in [3.8, 4) is 5.75 Å². The zero-order valence-corrected chi connectivity index (χ0v) is 12.9. The SMILES string of the molecule is OC1(c2cc(F)ccc2OCC2CC2)CC2CCCC(C1)N2. The standard InChI is InChI=1S/C18H24FNO2/c19-13-6-7-17(22-11-12-4-5-12)16(8-13)18(21)9-14-2-1-3-15(10-18)20-14/h6-8,12,14-15,20-21H,1-5,9-11H2. The van der Waals surface area contributed by atoms with E-state index in [4.69, 9.17) is 4.74 Å². The average Bonchev–Trinajstić information content (AvgIpc) is 3.29. The summed E-state index contributed by atoms with van der Waals surface area (Å²) in [5.74, 6) is 1.00. The molecule has 0 spiro atoms. The number of ether oxygens (including phenoxy) is 1. The highest BCUT2D eigenvalue weighted by atomic mass is 19.1. The molecule has 1 aliphatic carbocycles. The zero-order chi connectivity index (χ0) is 15.2. The van der Waals surface area contributed by atoms with Crippen LogP contribution in [0.5, 0.6) is 5.75 Å². The van der Waals surface area contributed by atoms with Gasteiger partial charge in [-0.3, -0.25) is 0 Å². The summed E-state index contributed by atoms with van der Waals surface area (Å²) in [4.78, 5) is 0. The Morgan fingerprint density at radius 1 is 1.18 bits per heavy atom. The number of fused-ring (bicyclic) bond motifs is 2. The molecule has 3 aliphatic rings. The highest BCUT2D eigenvalue weighted by molar-refractivity contribution is 5.39. The molecule has 2 N–H and O–H groups in total. The van der Waals surface area contributed by atoms with Gasteiger partial charge in [0.1, 0.15) is 11.6 Å². The highest BCUT2D eigenvalue weighted by Crippen LogP contribution is 2.43. The number of benzene rings is 1. The first kappa shape index (κ1) is 14.5. The van der Waals surface area contributed by atoms with E-state index in [0.29, 0.717) is 48.8 Å². The minimum atomic E-state index is -0.970. The summed E-state index contributed by atoms with van der Waals surface area (Å²) in [5, 5.41) is 14.8. The summed E-state index contributed by atoms with van der Waals surface area (Å²) in [6.07, 6.45) is 7.12. The Labute approximate surface area is 130 Å². The summed E-state index contributed by atoms with van der Waals surface area (Å²) in [7, 11) is 0. The second-order valence-electron chi connectivity index (χ2n) is 7.33. The second kappa shape index (κ2) is 5.50. The molecule has 22 heavy (non-hydrogen) atoms. The lowest BCUT2D eigenvalue weighted by Gasteiger charge is -2.45. The van der Waals surface area contributed by atoms with Crippen molar-refractivity contribution in [1.82, 2.24) is 5.32 Å². The molecule has 3 nitrogen and oxygen atoms in total. The van der Waals surface area contributed by atoms with Crippen molar-refractivity contribution in [3.63, 3.8) is 0 Å². The van der Waals surface area contributed by atoms with E-state index >= 15 is 0 Å². The number of hydrogen-bond donors (Lipinski definition) is 2. The van der Waals surface area contributed by atoms with Gasteiger partial charge >= 0.3 is 0 Å². The van der Waals surface area contributed by atoms with Gasteiger partial charge in [0.05, 0.1) is 12.2 Å². The topological polar surface area (TPSA) is 41.5 Å². The molecule has 2 bridgehead atoms. The third-order valence-electron chi connectivity index (χ3n) is 5.36. The van der Waals surface area contributed by atoms with Crippen molar-refractivity contribution in [3.05, 3.63) is 29.6 Å². The maximum Gasteiger partial charge on any atom is 0.125 e. The molecular weight excluding hydrogens is 281 g/mol. The summed E-state index contributed by atoms with van der Waals surface area (Å²) < 4.78 is 19.7. The number of hydrogen-bond acceptors (Lipinski definition) is 3. The molecule has 4 rings (SSSR count). The third-order valence-corrected chi connectivity index (χ3v) is 5.36. The van der Waals surface area contributed by atoms with Crippen LogP contribution in [0.3, 0.4) is 0 Å². The molecule has 0 radical (unpaired) electrons. The lowest BCUT2D eigenvalue weighted by atomic mass is 9.73. The smallest absolute Gasteiger partial charge is 0.125 e. The van der Waals surface area contributed by atoms with Gasteiger partial charge in [-0.2, -0.15) is 0 Å². The predicted molar refractivity (Wildman–Crippen MR) is 82.3 cm³/mol. The van der Waals surface area contributed by atoms with Crippen LogP contribution in [-0.4, -0.2) is 23.8 Å². The van der Waals surface area contributed by atoms with E-state index in [9.17, 15) is 9.50 Å². The van der Waals surface area contributed by atoms with Crippen LogP contribution in [0.25, 0.3) is 0 Å². The minimum absolute atomic E-state index is 0.300. The molecule has 3 fully saturated rings. The molecular formula is C18H24FNO2. The molecule has 0 amide bonds. The largest absolute Gasteiger partial charge is 0.493 e. The van der Waals surface area contributed by atoms with E-state index in [2.05, 4.69) is 5.32 Å². The quantitative estimate of drug-likeness (QED) is 0.898. The van der Waals surface area contributed by atoms with Crippen molar-refractivity contribution >= 4 is 0 Å². The predicted octanol–water partition coefficient (Wildman–Crippen LogP) is 3.11. The maximum absolute atomic E-state index is 13.8. The van der Waals surface area contributed by atoms with E-state index in [0.717, 1.165) is 12.8 Å². The molecule has 2 unspecified atom stereocenters. The Balaban J connectivity index is 1.62. The van der Waals surface area contributed by atoms with Gasteiger partial charge in [-0.05, 0) is 62.6 Å². The third kappa shape index (κ3) is 2.86. The lowest BCUT2D eigenvalue weighted by Crippen LogP contribution is -2.54. The highest BCUT2D eigenvalue weighted by Gasteiger charge is 2.43. The van der Waals surface area contributed by atoms with Crippen LogP contribution >= 0.6 is 0 Å². The van der Waals surface area contributed by atoms with Gasteiger partial charge in [0.15, 0.2) is 0 Å². The normalized spacial score (nSPS) is 34.5. The zero-order valence-electron chi connectivity index (χ0n) is 12.9. The Kier molecular flexibility index (Phi) is 3.61. The van der Waals surface area contributed by atoms with E-state index < -0.39 is 5.60 Å². The molecule has 2 saturated heterocycles.